The first-order valence-corrected chi connectivity index (χ1v) is 5.08. The Balaban J connectivity index is 2.66. The zero-order valence-electron chi connectivity index (χ0n) is 9.19. The molecule has 0 saturated heterocycles. The highest BCUT2D eigenvalue weighted by Crippen LogP contribution is 2.21. The molecule has 0 radical (unpaired) electrons. The average Bonchev–Trinajstić information content (AvgIpc) is 2.55. The molecule has 0 aliphatic carbocycles. The lowest BCUT2D eigenvalue weighted by Crippen LogP contribution is -1.99. The molecule has 0 aromatic carbocycles. The summed E-state index contributed by atoms with van der Waals surface area (Å²) >= 11 is 0. The summed E-state index contributed by atoms with van der Waals surface area (Å²) in [4.78, 5) is 12.7. The minimum Gasteiger partial charge on any atom is -0.476 e. The van der Waals surface area contributed by atoms with Gasteiger partial charge >= 0.3 is 0 Å². The van der Waals surface area contributed by atoms with Crippen LogP contribution in [0, 0.1) is 6.92 Å². The zero-order chi connectivity index (χ0) is 10.8. The quantitative estimate of drug-likeness (QED) is 0.764. The summed E-state index contributed by atoms with van der Waals surface area (Å²) in [6, 6.07) is 0. The van der Waals surface area contributed by atoms with Crippen LogP contribution in [0.5, 0.6) is 5.88 Å². The van der Waals surface area contributed by atoms with Gasteiger partial charge in [0, 0.05) is 6.54 Å². The van der Waals surface area contributed by atoms with Gasteiger partial charge in [-0.1, -0.05) is 0 Å². The highest BCUT2D eigenvalue weighted by Gasteiger charge is 2.12. The third kappa shape index (κ3) is 1.54. The van der Waals surface area contributed by atoms with Crippen LogP contribution in [-0.2, 0) is 6.54 Å². The van der Waals surface area contributed by atoms with Crippen molar-refractivity contribution in [3.63, 3.8) is 0 Å². The summed E-state index contributed by atoms with van der Waals surface area (Å²) in [5.41, 5.74) is 1.59. The first-order valence-electron chi connectivity index (χ1n) is 5.08. The van der Waals surface area contributed by atoms with E-state index in [9.17, 15) is 0 Å². The number of aryl methyl sites for hydroxylation is 2. The molecule has 0 amide bonds. The highest BCUT2D eigenvalue weighted by molar-refractivity contribution is 5.76. The van der Waals surface area contributed by atoms with Gasteiger partial charge in [-0.3, -0.25) is 0 Å². The van der Waals surface area contributed by atoms with Gasteiger partial charge < -0.3 is 9.30 Å². The second-order valence-electron chi connectivity index (χ2n) is 3.19. The van der Waals surface area contributed by atoms with Crippen molar-refractivity contribution in [2.24, 2.45) is 0 Å². The SMILES string of the molecule is CCOc1ncnc2c1nc(C)n2CC. The van der Waals surface area contributed by atoms with Crippen molar-refractivity contribution in [1.29, 1.82) is 0 Å². The molecule has 0 aliphatic rings. The maximum atomic E-state index is 5.41. The molecular weight excluding hydrogens is 192 g/mol. The summed E-state index contributed by atoms with van der Waals surface area (Å²) in [6.07, 6.45) is 1.51. The largest absolute Gasteiger partial charge is 0.476 e. The second-order valence-corrected chi connectivity index (χ2v) is 3.19. The van der Waals surface area contributed by atoms with Gasteiger partial charge in [0.1, 0.15) is 12.2 Å². The number of rotatable bonds is 3. The van der Waals surface area contributed by atoms with Gasteiger partial charge in [0.2, 0.25) is 5.88 Å². The number of aromatic nitrogens is 4. The van der Waals surface area contributed by atoms with Crippen LogP contribution in [0.3, 0.4) is 0 Å². The number of hydrogen-bond acceptors (Lipinski definition) is 4. The van der Waals surface area contributed by atoms with Gasteiger partial charge in [-0.2, -0.15) is 4.98 Å². The lowest BCUT2D eigenvalue weighted by Gasteiger charge is -2.02. The van der Waals surface area contributed by atoms with Gasteiger partial charge in [0.25, 0.3) is 0 Å². The lowest BCUT2D eigenvalue weighted by atomic mass is 10.5. The summed E-state index contributed by atoms with van der Waals surface area (Å²) < 4.78 is 7.45. The van der Waals surface area contributed by atoms with Crippen LogP contribution in [0.2, 0.25) is 0 Å². The first-order chi connectivity index (χ1) is 7.27. The molecule has 80 valence electrons. The Morgan fingerprint density at radius 3 is 2.80 bits per heavy atom. The van der Waals surface area contributed by atoms with E-state index in [2.05, 4.69) is 21.9 Å². The third-order valence-electron chi connectivity index (χ3n) is 2.29. The first kappa shape index (κ1) is 9.89. The Kier molecular flexibility index (Phi) is 2.53. The molecule has 5 heteroatoms. The van der Waals surface area contributed by atoms with Crippen LogP contribution in [0.25, 0.3) is 11.2 Å². The fourth-order valence-electron chi connectivity index (χ4n) is 1.65. The maximum absolute atomic E-state index is 5.41. The minimum atomic E-state index is 0.567. The maximum Gasteiger partial charge on any atom is 0.245 e. The summed E-state index contributed by atoms with van der Waals surface area (Å²) in [6.45, 7) is 7.39. The summed E-state index contributed by atoms with van der Waals surface area (Å²) in [5, 5.41) is 0. The molecule has 2 rings (SSSR count). The molecule has 2 heterocycles. The van der Waals surface area contributed by atoms with Gasteiger partial charge in [0.05, 0.1) is 6.61 Å². The van der Waals surface area contributed by atoms with Gasteiger partial charge in [-0.25, -0.2) is 9.97 Å². The van der Waals surface area contributed by atoms with E-state index in [1.165, 1.54) is 6.33 Å². The van der Waals surface area contributed by atoms with Crippen molar-refractivity contribution in [2.75, 3.05) is 6.61 Å². The number of fused-ring (bicyclic) bond motifs is 1. The van der Waals surface area contributed by atoms with E-state index >= 15 is 0 Å². The molecule has 0 aliphatic heterocycles. The van der Waals surface area contributed by atoms with Crippen LogP contribution < -0.4 is 4.74 Å². The number of nitrogens with zero attached hydrogens (tertiary/aromatic N) is 4. The van der Waals surface area contributed by atoms with E-state index < -0.39 is 0 Å². The van der Waals surface area contributed by atoms with E-state index in [4.69, 9.17) is 4.74 Å². The smallest absolute Gasteiger partial charge is 0.245 e. The standard InChI is InChI=1S/C10H14N4O/c1-4-14-7(3)13-8-9(14)11-6-12-10(8)15-5-2/h6H,4-5H2,1-3H3. The van der Waals surface area contributed by atoms with E-state index in [0.717, 1.165) is 23.5 Å². The molecule has 0 fully saturated rings. The van der Waals surface area contributed by atoms with Gasteiger partial charge in [-0.15, -0.1) is 0 Å². The topological polar surface area (TPSA) is 52.8 Å². The Morgan fingerprint density at radius 2 is 2.13 bits per heavy atom. The van der Waals surface area contributed by atoms with E-state index in [-0.39, 0.29) is 0 Å². The molecule has 0 unspecified atom stereocenters. The number of hydrogen-bond donors (Lipinski definition) is 0. The van der Waals surface area contributed by atoms with Gasteiger partial charge in [0.15, 0.2) is 11.2 Å². The van der Waals surface area contributed by atoms with Crippen molar-refractivity contribution in [2.45, 2.75) is 27.3 Å². The normalized spacial score (nSPS) is 10.9. The zero-order valence-corrected chi connectivity index (χ0v) is 9.19. The molecule has 0 N–H and O–H groups in total. The molecule has 0 atom stereocenters. The van der Waals surface area contributed by atoms with Crippen LogP contribution >= 0.6 is 0 Å². The monoisotopic (exact) mass is 206 g/mol. The summed E-state index contributed by atoms with van der Waals surface area (Å²) in [7, 11) is 0. The van der Waals surface area contributed by atoms with Crippen molar-refractivity contribution >= 4 is 11.2 Å². The second kappa shape index (κ2) is 3.84. The molecule has 0 bridgehead atoms. The number of ether oxygens (including phenoxy) is 1. The summed E-state index contributed by atoms with van der Waals surface area (Å²) in [5.74, 6) is 1.51. The van der Waals surface area contributed by atoms with Crippen molar-refractivity contribution in [1.82, 2.24) is 19.5 Å². The lowest BCUT2D eigenvalue weighted by molar-refractivity contribution is 0.330. The molecule has 0 saturated carbocycles. The van der Waals surface area contributed by atoms with Crippen LogP contribution in [-0.4, -0.2) is 26.1 Å². The Hall–Kier alpha value is -1.65. The molecular formula is C10H14N4O. The van der Waals surface area contributed by atoms with E-state index in [0.29, 0.717) is 12.5 Å². The fourth-order valence-corrected chi connectivity index (χ4v) is 1.65. The Bertz CT molecular complexity index is 477. The predicted molar refractivity (Wildman–Crippen MR) is 56.9 cm³/mol. The molecule has 15 heavy (non-hydrogen) atoms. The molecule has 2 aromatic heterocycles. The third-order valence-corrected chi connectivity index (χ3v) is 2.29. The van der Waals surface area contributed by atoms with E-state index in [1.54, 1.807) is 0 Å². The Morgan fingerprint density at radius 1 is 1.33 bits per heavy atom. The van der Waals surface area contributed by atoms with E-state index in [1.807, 2.05) is 18.4 Å². The van der Waals surface area contributed by atoms with Crippen molar-refractivity contribution < 1.29 is 4.74 Å². The van der Waals surface area contributed by atoms with Crippen LogP contribution in [0.1, 0.15) is 19.7 Å². The van der Waals surface area contributed by atoms with Crippen molar-refractivity contribution in [3.05, 3.63) is 12.2 Å². The predicted octanol–water partition coefficient (Wildman–Crippen LogP) is 1.55. The minimum absolute atomic E-state index is 0.567. The Labute approximate surface area is 88.1 Å². The molecule has 5 nitrogen and oxygen atoms in total. The van der Waals surface area contributed by atoms with Gasteiger partial charge in [-0.05, 0) is 20.8 Å². The highest BCUT2D eigenvalue weighted by atomic mass is 16.5. The fraction of sp³-hybridized carbons (Fsp3) is 0.500. The molecule has 0 spiro atoms. The molecule has 2 aromatic rings. The van der Waals surface area contributed by atoms with Crippen molar-refractivity contribution in [3.8, 4) is 5.88 Å². The van der Waals surface area contributed by atoms with Crippen LogP contribution in [0.4, 0.5) is 0 Å². The average molecular weight is 206 g/mol. The van der Waals surface area contributed by atoms with Crippen LogP contribution in [0.15, 0.2) is 6.33 Å². The number of imidazole rings is 1.